The summed E-state index contributed by atoms with van der Waals surface area (Å²) in [4.78, 5) is 19.3. The number of rotatable bonds is 3. The van der Waals surface area contributed by atoms with E-state index in [1.807, 2.05) is 6.20 Å². The summed E-state index contributed by atoms with van der Waals surface area (Å²) in [6.45, 7) is 0. The first-order valence-corrected chi connectivity index (χ1v) is 7.19. The minimum Gasteiger partial charge on any atom is -0.460 e. The maximum atomic E-state index is 10.5. The van der Waals surface area contributed by atoms with Crippen LogP contribution < -0.4 is 4.74 Å². The van der Waals surface area contributed by atoms with Crippen LogP contribution in [0.2, 0.25) is 0 Å². The van der Waals surface area contributed by atoms with Crippen LogP contribution in [0.4, 0.5) is 0 Å². The Hall–Kier alpha value is -1.52. The first-order valence-electron chi connectivity index (χ1n) is 7.19. The Morgan fingerprint density at radius 1 is 1.16 bits per heavy atom. The third-order valence-corrected chi connectivity index (χ3v) is 4.11. The molecule has 5 nitrogen and oxygen atoms in total. The fourth-order valence-corrected chi connectivity index (χ4v) is 2.93. The van der Waals surface area contributed by atoms with E-state index < -0.39 is 0 Å². The Morgan fingerprint density at radius 2 is 1.95 bits per heavy atom. The van der Waals surface area contributed by atoms with E-state index in [-0.39, 0.29) is 12.1 Å². The Kier molecular flexibility index (Phi) is 3.71. The van der Waals surface area contributed by atoms with Gasteiger partial charge in [0.15, 0.2) is 0 Å². The molecular formula is C14H19N3O2. The van der Waals surface area contributed by atoms with E-state index in [0.29, 0.717) is 6.01 Å². The van der Waals surface area contributed by atoms with Crippen LogP contribution in [0.3, 0.4) is 0 Å². The van der Waals surface area contributed by atoms with Crippen molar-refractivity contribution in [3.8, 4) is 6.01 Å². The lowest BCUT2D eigenvalue weighted by molar-refractivity contribution is 0.134. The van der Waals surface area contributed by atoms with Crippen LogP contribution in [0.1, 0.15) is 49.8 Å². The Balaban J connectivity index is 1.62. The van der Waals surface area contributed by atoms with E-state index in [9.17, 15) is 4.91 Å². The van der Waals surface area contributed by atoms with Gasteiger partial charge in [0.25, 0.3) is 0 Å². The normalized spacial score (nSPS) is 26.5. The largest absolute Gasteiger partial charge is 0.460 e. The minimum absolute atomic E-state index is 0.0238. The molecule has 0 aliphatic heterocycles. The van der Waals surface area contributed by atoms with Gasteiger partial charge in [0.1, 0.15) is 6.10 Å². The van der Waals surface area contributed by atoms with Gasteiger partial charge in [-0.25, -0.2) is 4.98 Å². The molecule has 0 saturated heterocycles. The SMILES string of the molecule is O=NC1CCC(Oc2ncc3c(n2)CCCC3)CC1. The number of nitroso groups, excluding NO2 is 1. The molecule has 2 aliphatic carbocycles. The second-order valence-electron chi connectivity index (χ2n) is 5.49. The quantitative estimate of drug-likeness (QED) is 0.785. The zero-order valence-corrected chi connectivity index (χ0v) is 11.0. The fraction of sp³-hybridized carbons (Fsp3) is 0.714. The summed E-state index contributed by atoms with van der Waals surface area (Å²) >= 11 is 0. The van der Waals surface area contributed by atoms with Crippen molar-refractivity contribution >= 4 is 0 Å². The van der Waals surface area contributed by atoms with Crippen molar-refractivity contribution in [2.75, 3.05) is 0 Å². The van der Waals surface area contributed by atoms with Crippen molar-refractivity contribution in [3.63, 3.8) is 0 Å². The molecule has 0 N–H and O–H groups in total. The van der Waals surface area contributed by atoms with Gasteiger partial charge in [-0.2, -0.15) is 9.89 Å². The molecule has 5 heteroatoms. The van der Waals surface area contributed by atoms with Crippen molar-refractivity contribution in [1.82, 2.24) is 9.97 Å². The molecule has 1 saturated carbocycles. The van der Waals surface area contributed by atoms with Gasteiger partial charge in [-0.1, -0.05) is 5.18 Å². The molecule has 102 valence electrons. The molecule has 1 fully saturated rings. The Morgan fingerprint density at radius 3 is 2.74 bits per heavy atom. The molecule has 0 bridgehead atoms. The van der Waals surface area contributed by atoms with Crippen LogP contribution in [-0.2, 0) is 12.8 Å². The van der Waals surface area contributed by atoms with Gasteiger partial charge in [-0.05, 0) is 56.9 Å². The third-order valence-electron chi connectivity index (χ3n) is 4.11. The summed E-state index contributed by atoms with van der Waals surface area (Å²) in [5.74, 6) is 0. The van der Waals surface area contributed by atoms with Crippen LogP contribution in [0.25, 0.3) is 0 Å². The summed E-state index contributed by atoms with van der Waals surface area (Å²) < 4.78 is 5.85. The molecule has 0 unspecified atom stereocenters. The predicted molar refractivity (Wildman–Crippen MR) is 71.1 cm³/mol. The van der Waals surface area contributed by atoms with Crippen molar-refractivity contribution in [2.45, 2.75) is 63.5 Å². The summed E-state index contributed by atoms with van der Waals surface area (Å²) in [7, 11) is 0. The van der Waals surface area contributed by atoms with Gasteiger partial charge in [0, 0.05) is 6.20 Å². The first-order chi connectivity index (χ1) is 9.35. The minimum atomic E-state index is -0.0238. The van der Waals surface area contributed by atoms with Crippen molar-refractivity contribution in [1.29, 1.82) is 0 Å². The van der Waals surface area contributed by atoms with Gasteiger partial charge in [-0.3, -0.25) is 0 Å². The molecule has 0 aromatic carbocycles. The lowest BCUT2D eigenvalue weighted by Gasteiger charge is -2.25. The van der Waals surface area contributed by atoms with E-state index >= 15 is 0 Å². The van der Waals surface area contributed by atoms with Gasteiger partial charge >= 0.3 is 6.01 Å². The van der Waals surface area contributed by atoms with E-state index in [2.05, 4.69) is 15.1 Å². The van der Waals surface area contributed by atoms with Crippen LogP contribution in [-0.4, -0.2) is 22.1 Å². The highest BCUT2D eigenvalue weighted by atomic mass is 16.5. The van der Waals surface area contributed by atoms with Crippen molar-refractivity contribution in [3.05, 3.63) is 22.4 Å². The molecule has 1 aromatic rings. The second-order valence-corrected chi connectivity index (χ2v) is 5.49. The predicted octanol–water partition coefficient (Wildman–Crippen LogP) is 2.81. The van der Waals surface area contributed by atoms with E-state index in [1.165, 1.54) is 18.4 Å². The lowest BCUT2D eigenvalue weighted by atomic mass is 9.94. The molecular weight excluding hydrogens is 242 g/mol. The highest BCUT2D eigenvalue weighted by Crippen LogP contribution is 2.25. The number of aromatic nitrogens is 2. The molecule has 0 spiro atoms. The first kappa shape index (κ1) is 12.5. The maximum absolute atomic E-state index is 10.5. The number of hydrogen-bond donors (Lipinski definition) is 0. The van der Waals surface area contributed by atoms with Crippen molar-refractivity contribution in [2.24, 2.45) is 5.18 Å². The monoisotopic (exact) mass is 261 g/mol. The van der Waals surface area contributed by atoms with E-state index in [4.69, 9.17) is 4.74 Å². The van der Waals surface area contributed by atoms with Crippen LogP contribution >= 0.6 is 0 Å². The average Bonchev–Trinajstić information content (AvgIpc) is 2.48. The zero-order chi connectivity index (χ0) is 13.1. The Bertz CT molecular complexity index is 456. The standard InChI is InChI=1S/C14H19N3O2/c18-17-11-5-7-12(8-6-11)19-14-15-9-10-3-1-2-4-13(10)16-14/h9,11-12H,1-8H2. The highest BCUT2D eigenvalue weighted by molar-refractivity contribution is 5.21. The zero-order valence-electron chi connectivity index (χ0n) is 11.0. The van der Waals surface area contributed by atoms with Crippen LogP contribution in [0.5, 0.6) is 6.01 Å². The second kappa shape index (κ2) is 5.63. The van der Waals surface area contributed by atoms with Crippen LogP contribution in [0, 0.1) is 4.91 Å². The number of nitrogens with zero attached hydrogens (tertiary/aromatic N) is 3. The van der Waals surface area contributed by atoms with Gasteiger partial charge < -0.3 is 4.74 Å². The highest BCUT2D eigenvalue weighted by Gasteiger charge is 2.24. The van der Waals surface area contributed by atoms with Gasteiger partial charge in [-0.15, -0.1) is 0 Å². The number of fused-ring (bicyclic) bond motifs is 1. The molecule has 2 aliphatic rings. The molecule has 0 atom stereocenters. The van der Waals surface area contributed by atoms with Crippen molar-refractivity contribution < 1.29 is 4.74 Å². The third kappa shape index (κ3) is 2.91. The summed E-state index contributed by atoms with van der Waals surface area (Å²) in [6, 6.07) is 0.479. The average molecular weight is 261 g/mol. The van der Waals surface area contributed by atoms with E-state index in [1.54, 1.807) is 0 Å². The molecule has 1 aromatic heterocycles. The Labute approximate surface area is 112 Å². The topological polar surface area (TPSA) is 64.4 Å². The van der Waals surface area contributed by atoms with E-state index in [0.717, 1.165) is 44.2 Å². The lowest BCUT2D eigenvalue weighted by Crippen LogP contribution is -2.26. The van der Waals surface area contributed by atoms with Gasteiger partial charge in [0.2, 0.25) is 0 Å². The summed E-state index contributed by atoms with van der Waals surface area (Å²) in [5.41, 5.74) is 2.42. The summed E-state index contributed by atoms with van der Waals surface area (Å²) in [5, 5.41) is 3.11. The molecule has 19 heavy (non-hydrogen) atoms. The summed E-state index contributed by atoms with van der Waals surface area (Å²) in [6.07, 6.45) is 10.0. The van der Waals surface area contributed by atoms with Crippen LogP contribution in [0.15, 0.2) is 11.4 Å². The molecule has 1 heterocycles. The number of hydrogen-bond acceptors (Lipinski definition) is 5. The molecule has 0 amide bonds. The van der Waals surface area contributed by atoms with Gasteiger partial charge in [0.05, 0.1) is 11.7 Å². The molecule has 3 rings (SSSR count). The number of ether oxygens (including phenoxy) is 1. The fourth-order valence-electron chi connectivity index (χ4n) is 2.93. The maximum Gasteiger partial charge on any atom is 0.316 e. The number of aryl methyl sites for hydroxylation is 2. The smallest absolute Gasteiger partial charge is 0.316 e. The molecule has 0 radical (unpaired) electrons.